The van der Waals surface area contributed by atoms with E-state index in [1.807, 2.05) is 24.3 Å². The highest BCUT2D eigenvalue weighted by Gasteiger charge is 2.46. The minimum Gasteiger partial charge on any atom is -0.465 e. The molecule has 1 fully saturated rings. The van der Waals surface area contributed by atoms with Gasteiger partial charge < -0.3 is 10.8 Å². The van der Waals surface area contributed by atoms with E-state index in [2.05, 4.69) is 5.32 Å². The molecule has 6 heteroatoms. The lowest BCUT2D eigenvalue weighted by atomic mass is 9.81. The minimum atomic E-state index is -1.06. The van der Waals surface area contributed by atoms with Gasteiger partial charge in [0, 0.05) is 11.4 Å². The lowest BCUT2D eigenvalue weighted by Crippen LogP contribution is -2.39. The number of amides is 1. The number of nitrogens with two attached hydrogens (primary N) is 1. The highest BCUT2D eigenvalue weighted by Crippen LogP contribution is 2.51. The van der Waals surface area contributed by atoms with Crippen LogP contribution in [0.15, 0.2) is 29.3 Å². The molecule has 1 aromatic carbocycles. The molecule has 0 aromatic heterocycles. The van der Waals surface area contributed by atoms with Crippen molar-refractivity contribution in [2.24, 2.45) is 10.9 Å². The number of fused-ring (bicyclic) bond motifs is 1. The molecule has 0 bridgehead atoms. The highest BCUT2D eigenvalue weighted by atomic mass is 32.2. The van der Waals surface area contributed by atoms with Crippen LogP contribution in [0.2, 0.25) is 0 Å². The molecule has 3 rings (SSSR count). The van der Waals surface area contributed by atoms with Crippen molar-refractivity contribution in [3.8, 4) is 0 Å². The number of aliphatic imine (C=N–C) groups is 1. The molecule has 0 spiro atoms. The molecule has 4 N–H and O–H groups in total. The summed E-state index contributed by atoms with van der Waals surface area (Å²) in [4.78, 5) is 15.6. The lowest BCUT2D eigenvalue weighted by molar-refractivity contribution is 0.200. The van der Waals surface area contributed by atoms with Crippen molar-refractivity contribution in [3.05, 3.63) is 29.8 Å². The van der Waals surface area contributed by atoms with Gasteiger partial charge in [-0.1, -0.05) is 30.3 Å². The summed E-state index contributed by atoms with van der Waals surface area (Å²) >= 11 is 1.49. The maximum Gasteiger partial charge on any atom is 0.410 e. The quantitative estimate of drug-likeness (QED) is 0.694. The van der Waals surface area contributed by atoms with E-state index < -0.39 is 6.09 Å². The third kappa shape index (κ3) is 2.24. The van der Waals surface area contributed by atoms with Gasteiger partial charge in [-0.15, -0.1) is 0 Å². The summed E-state index contributed by atoms with van der Waals surface area (Å²) in [5.41, 5.74) is 7.42. The van der Waals surface area contributed by atoms with Crippen molar-refractivity contribution in [2.75, 3.05) is 11.5 Å². The Hall–Kier alpha value is -1.69. The normalized spacial score (nSPS) is 28.6. The Morgan fingerprint density at radius 2 is 2.40 bits per heavy atom. The van der Waals surface area contributed by atoms with Crippen LogP contribution in [0.3, 0.4) is 0 Å². The van der Waals surface area contributed by atoms with Crippen LogP contribution >= 0.6 is 11.8 Å². The fourth-order valence-electron chi connectivity index (χ4n) is 3.23. The van der Waals surface area contributed by atoms with Gasteiger partial charge in [0.05, 0.1) is 5.54 Å². The lowest BCUT2D eigenvalue weighted by Gasteiger charge is -2.36. The highest BCUT2D eigenvalue weighted by molar-refractivity contribution is 8.13. The summed E-state index contributed by atoms with van der Waals surface area (Å²) < 4.78 is 0. The Morgan fingerprint density at radius 3 is 3.15 bits per heavy atom. The fraction of sp³-hybridized carbons (Fsp3) is 0.429. The summed E-state index contributed by atoms with van der Waals surface area (Å²) in [6, 6.07) is 7.82. The van der Waals surface area contributed by atoms with Gasteiger partial charge in [-0.2, -0.15) is 0 Å². The first-order chi connectivity index (χ1) is 9.60. The summed E-state index contributed by atoms with van der Waals surface area (Å²) in [6.45, 7) is 0. The number of nitrogens with zero attached hydrogens (tertiary/aromatic N) is 1. The molecule has 1 aromatic rings. The van der Waals surface area contributed by atoms with Crippen molar-refractivity contribution in [1.29, 1.82) is 0 Å². The number of amidine groups is 1. The van der Waals surface area contributed by atoms with Crippen LogP contribution in [0.1, 0.15) is 24.8 Å². The number of anilines is 1. The van der Waals surface area contributed by atoms with E-state index in [-0.39, 0.29) is 5.54 Å². The van der Waals surface area contributed by atoms with E-state index >= 15 is 0 Å². The van der Waals surface area contributed by atoms with E-state index in [0.29, 0.717) is 11.1 Å². The second-order valence-corrected chi connectivity index (χ2v) is 6.31. The molecule has 0 radical (unpaired) electrons. The van der Waals surface area contributed by atoms with Gasteiger partial charge in [0.25, 0.3) is 0 Å². The smallest absolute Gasteiger partial charge is 0.410 e. The first kappa shape index (κ1) is 13.3. The zero-order valence-electron chi connectivity index (χ0n) is 11.0. The van der Waals surface area contributed by atoms with E-state index in [0.717, 1.165) is 36.3 Å². The Kier molecular flexibility index (Phi) is 3.33. The van der Waals surface area contributed by atoms with Crippen molar-refractivity contribution in [1.82, 2.24) is 5.32 Å². The largest absolute Gasteiger partial charge is 0.465 e. The first-order valence-electron chi connectivity index (χ1n) is 6.69. The third-order valence-corrected chi connectivity index (χ3v) is 5.14. The van der Waals surface area contributed by atoms with Crippen molar-refractivity contribution in [3.63, 3.8) is 0 Å². The number of hydrogen-bond donors (Lipinski definition) is 3. The monoisotopic (exact) mass is 291 g/mol. The molecule has 106 valence electrons. The van der Waals surface area contributed by atoms with Gasteiger partial charge in [-0.3, -0.25) is 10.3 Å². The number of nitrogens with one attached hydrogen (secondary N) is 1. The van der Waals surface area contributed by atoms with Crippen LogP contribution in [-0.4, -0.2) is 22.1 Å². The summed E-state index contributed by atoms with van der Waals surface area (Å²) in [5, 5.41) is 11.8. The fourth-order valence-corrected chi connectivity index (χ4v) is 4.42. The van der Waals surface area contributed by atoms with Crippen LogP contribution in [0, 0.1) is 5.92 Å². The zero-order chi connectivity index (χ0) is 14.2. The number of nitrogen functional groups attached to an aromatic ring is 1. The molecule has 20 heavy (non-hydrogen) atoms. The maximum atomic E-state index is 10.8. The predicted octanol–water partition coefficient (Wildman–Crippen LogP) is 2.63. The van der Waals surface area contributed by atoms with Crippen LogP contribution < -0.4 is 11.1 Å². The van der Waals surface area contributed by atoms with E-state index in [4.69, 9.17) is 15.8 Å². The average molecular weight is 291 g/mol. The number of hydrogen-bond acceptors (Lipinski definition) is 4. The van der Waals surface area contributed by atoms with Gasteiger partial charge in [0.2, 0.25) is 0 Å². The predicted molar refractivity (Wildman–Crippen MR) is 80.9 cm³/mol. The van der Waals surface area contributed by atoms with Crippen molar-refractivity contribution in [2.45, 2.75) is 24.8 Å². The number of benzene rings is 1. The van der Waals surface area contributed by atoms with E-state index in [9.17, 15) is 4.79 Å². The SMILES string of the molecule is Nc1cccc([C@]23CCCC2CSC(NC(=O)O)=N3)c1. The van der Waals surface area contributed by atoms with Gasteiger partial charge in [0.1, 0.15) is 0 Å². The van der Waals surface area contributed by atoms with Gasteiger partial charge in [-0.25, -0.2) is 4.79 Å². The maximum absolute atomic E-state index is 10.8. The Morgan fingerprint density at radius 1 is 1.55 bits per heavy atom. The van der Waals surface area contributed by atoms with Gasteiger partial charge in [0.15, 0.2) is 5.17 Å². The van der Waals surface area contributed by atoms with E-state index in [1.165, 1.54) is 11.8 Å². The Labute approximate surface area is 121 Å². The number of carboxylic acid groups (broad SMARTS) is 1. The first-order valence-corrected chi connectivity index (χ1v) is 7.67. The summed E-state index contributed by atoms with van der Waals surface area (Å²) in [5.74, 6) is 1.35. The van der Waals surface area contributed by atoms with Gasteiger partial charge >= 0.3 is 6.09 Å². The van der Waals surface area contributed by atoms with Crippen molar-refractivity contribution >= 4 is 28.7 Å². The van der Waals surface area contributed by atoms with Crippen molar-refractivity contribution < 1.29 is 9.90 Å². The molecule has 1 heterocycles. The number of rotatable bonds is 1. The Balaban J connectivity index is 2.03. The van der Waals surface area contributed by atoms with Gasteiger partial charge in [-0.05, 0) is 36.5 Å². The second-order valence-electron chi connectivity index (χ2n) is 5.30. The van der Waals surface area contributed by atoms with Crippen LogP contribution in [0.4, 0.5) is 10.5 Å². The second kappa shape index (κ2) is 5.01. The molecule has 1 amide bonds. The Bertz CT molecular complexity index is 575. The number of thioether (sulfide) groups is 1. The molecule has 1 unspecified atom stereocenters. The molecule has 1 aliphatic heterocycles. The molecule has 2 aliphatic rings. The standard InChI is InChI=1S/C14H17N3O2S/c15-11-5-1-3-9(7-11)14-6-2-4-10(14)8-20-12(17-14)16-13(18)19/h1,3,5,7,10H,2,4,6,8,15H2,(H,16,17)(H,18,19)/t10?,14-/m1/s1. The molecule has 1 aliphatic carbocycles. The van der Waals surface area contributed by atoms with E-state index in [1.54, 1.807) is 0 Å². The summed E-state index contributed by atoms with van der Waals surface area (Å²) in [7, 11) is 0. The molecule has 2 atom stereocenters. The van der Waals surface area contributed by atoms with Crippen LogP contribution in [-0.2, 0) is 5.54 Å². The molecule has 1 saturated carbocycles. The molecular formula is C14H17N3O2S. The van der Waals surface area contributed by atoms with Crippen LogP contribution in [0.5, 0.6) is 0 Å². The number of carbonyl (C=O) groups is 1. The zero-order valence-corrected chi connectivity index (χ0v) is 11.8. The molecular weight excluding hydrogens is 274 g/mol. The average Bonchev–Trinajstić information content (AvgIpc) is 2.82. The topological polar surface area (TPSA) is 87.7 Å². The molecule has 0 saturated heterocycles. The minimum absolute atomic E-state index is 0.307. The molecule has 5 nitrogen and oxygen atoms in total. The third-order valence-electron chi connectivity index (χ3n) is 4.11. The van der Waals surface area contributed by atoms with Crippen LogP contribution in [0.25, 0.3) is 0 Å². The summed E-state index contributed by atoms with van der Waals surface area (Å²) in [6.07, 6.45) is 2.14.